The molecule has 1 atom stereocenters. The second kappa shape index (κ2) is 6.51. The molecule has 3 aromatic rings. The second-order valence-electron chi connectivity index (χ2n) is 6.52. The lowest BCUT2D eigenvalue weighted by molar-refractivity contribution is 0.0787. The SMILES string of the molecule is Cc1ccc(-c2ccc(C(=O)N3CCC(n4ccnn4)C3)cc2)cc1. The van der Waals surface area contributed by atoms with Crippen LogP contribution in [0.1, 0.15) is 28.4 Å². The minimum absolute atomic E-state index is 0.0815. The van der Waals surface area contributed by atoms with Crippen LogP contribution in [0.4, 0.5) is 0 Å². The maximum Gasteiger partial charge on any atom is 0.253 e. The van der Waals surface area contributed by atoms with Crippen molar-refractivity contribution in [2.75, 3.05) is 13.1 Å². The van der Waals surface area contributed by atoms with E-state index < -0.39 is 0 Å². The van der Waals surface area contributed by atoms with Gasteiger partial charge in [-0.15, -0.1) is 5.10 Å². The first-order valence-electron chi connectivity index (χ1n) is 8.53. The van der Waals surface area contributed by atoms with Crippen LogP contribution >= 0.6 is 0 Å². The summed E-state index contributed by atoms with van der Waals surface area (Å²) in [6, 6.07) is 16.5. The Morgan fingerprint density at radius 3 is 2.36 bits per heavy atom. The van der Waals surface area contributed by atoms with E-state index in [1.165, 1.54) is 5.56 Å². The highest BCUT2D eigenvalue weighted by molar-refractivity contribution is 5.95. The third-order valence-corrected chi connectivity index (χ3v) is 4.78. The Balaban J connectivity index is 1.47. The lowest BCUT2D eigenvalue weighted by Gasteiger charge is -2.17. The van der Waals surface area contributed by atoms with Gasteiger partial charge in [0.2, 0.25) is 0 Å². The second-order valence-corrected chi connectivity index (χ2v) is 6.52. The number of aromatic nitrogens is 3. The summed E-state index contributed by atoms with van der Waals surface area (Å²) < 4.78 is 1.84. The van der Waals surface area contributed by atoms with Crippen molar-refractivity contribution in [1.82, 2.24) is 19.9 Å². The van der Waals surface area contributed by atoms with E-state index in [0.29, 0.717) is 6.54 Å². The van der Waals surface area contributed by atoms with Crippen LogP contribution < -0.4 is 0 Å². The molecule has 1 aliphatic rings. The molecule has 0 aliphatic carbocycles. The van der Waals surface area contributed by atoms with Gasteiger partial charge in [0.25, 0.3) is 5.91 Å². The smallest absolute Gasteiger partial charge is 0.253 e. The molecule has 2 aromatic carbocycles. The molecule has 5 heteroatoms. The minimum atomic E-state index is 0.0815. The fourth-order valence-corrected chi connectivity index (χ4v) is 3.29. The van der Waals surface area contributed by atoms with Crippen molar-refractivity contribution >= 4 is 5.91 Å². The highest BCUT2D eigenvalue weighted by Gasteiger charge is 2.28. The van der Waals surface area contributed by atoms with E-state index in [1.54, 1.807) is 6.20 Å². The van der Waals surface area contributed by atoms with Crippen LogP contribution in [0, 0.1) is 6.92 Å². The fourth-order valence-electron chi connectivity index (χ4n) is 3.29. The quantitative estimate of drug-likeness (QED) is 0.739. The molecule has 1 saturated heterocycles. The van der Waals surface area contributed by atoms with Crippen LogP contribution in [0.2, 0.25) is 0 Å². The fraction of sp³-hybridized carbons (Fsp3) is 0.250. The van der Waals surface area contributed by atoms with Gasteiger partial charge in [-0.3, -0.25) is 4.79 Å². The third-order valence-electron chi connectivity index (χ3n) is 4.78. The molecule has 0 N–H and O–H groups in total. The van der Waals surface area contributed by atoms with Crippen molar-refractivity contribution in [2.45, 2.75) is 19.4 Å². The van der Waals surface area contributed by atoms with E-state index in [1.807, 2.05) is 40.0 Å². The average Bonchev–Trinajstić information content (AvgIpc) is 3.33. The van der Waals surface area contributed by atoms with Crippen molar-refractivity contribution in [1.29, 1.82) is 0 Å². The van der Waals surface area contributed by atoms with Crippen LogP contribution in [0.25, 0.3) is 11.1 Å². The molecule has 4 rings (SSSR count). The number of carbonyl (C=O) groups excluding carboxylic acids is 1. The Morgan fingerprint density at radius 1 is 1.04 bits per heavy atom. The Bertz CT molecular complexity index is 854. The molecule has 1 unspecified atom stereocenters. The largest absolute Gasteiger partial charge is 0.336 e. The molecule has 25 heavy (non-hydrogen) atoms. The van der Waals surface area contributed by atoms with Crippen molar-refractivity contribution in [3.05, 3.63) is 72.1 Å². The highest BCUT2D eigenvalue weighted by Crippen LogP contribution is 2.24. The molecular weight excluding hydrogens is 312 g/mol. The first-order chi connectivity index (χ1) is 12.2. The van der Waals surface area contributed by atoms with E-state index in [2.05, 4.69) is 41.5 Å². The average molecular weight is 332 g/mol. The number of hydrogen-bond acceptors (Lipinski definition) is 3. The molecule has 1 aromatic heterocycles. The van der Waals surface area contributed by atoms with Gasteiger partial charge in [0.1, 0.15) is 0 Å². The van der Waals surface area contributed by atoms with Gasteiger partial charge in [-0.05, 0) is 36.6 Å². The van der Waals surface area contributed by atoms with Crippen LogP contribution in [0.5, 0.6) is 0 Å². The zero-order valence-corrected chi connectivity index (χ0v) is 14.2. The van der Waals surface area contributed by atoms with Gasteiger partial charge in [-0.1, -0.05) is 47.2 Å². The zero-order chi connectivity index (χ0) is 17.2. The summed E-state index contributed by atoms with van der Waals surface area (Å²) in [5.74, 6) is 0.0815. The number of hydrogen-bond donors (Lipinski definition) is 0. The Labute approximate surface area is 146 Å². The lowest BCUT2D eigenvalue weighted by atomic mass is 10.0. The Morgan fingerprint density at radius 2 is 1.72 bits per heavy atom. The van der Waals surface area contributed by atoms with Gasteiger partial charge in [0.05, 0.1) is 12.2 Å². The van der Waals surface area contributed by atoms with Crippen molar-refractivity contribution in [3.63, 3.8) is 0 Å². The first kappa shape index (κ1) is 15.6. The maximum absolute atomic E-state index is 12.7. The van der Waals surface area contributed by atoms with Crippen molar-refractivity contribution < 1.29 is 4.79 Å². The molecule has 1 aliphatic heterocycles. The third kappa shape index (κ3) is 3.18. The molecule has 0 bridgehead atoms. The summed E-state index contributed by atoms with van der Waals surface area (Å²) in [6.07, 6.45) is 4.44. The van der Waals surface area contributed by atoms with Crippen LogP contribution in [0.3, 0.4) is 0 Å². The number of rotatable bonds is 3. The number of benzene rings is 2. The van der Waals surface area contributed by atoms with Gasteiger partial charge in [-0.25, -0.2) is 4.68 Å². The lowest BCUT2D eigenvalue weighted by Crippen LogP contribution is -2.29. The van der Waals surface area contributed by atoms with Gasteiger partial charge < -0.3 is 4.90 Å². The zero-order valence-electron chi connectivity index (χ0n) is 14.2. The first-order valence-corrected chi connectivity index (χ1v) is 8.53. The number of nitrogens with zero attached hydrogens (tertiary/aromatic N) is 4. The summed E-state index contributed by atoms with van der Waals surface area (Å²) in [5, 5.41) is 7.89. The summed E-state index contributed by atoms with van der Waals surface area (Å²) in [6.45, 7) is 3.51. The Kier molecular flexibility index (Phi) is 4.06. The van der Waals surface area contributed by atoms with Gasteiger partial charge >= 0.3 is 0 Å². The summed E-state index contributed by atoms with van der Waals surface area (Å²) in [5.41, 5.74) is 4.26. The molecule has 2 heterocycles. The van der Waals surface area contributed by atoms with Crippen molar-refractivity contribution in [3.8, 4) is 11.1 Å². The van der Waals surface area contributed by atoms with Gasteiger partial charge in [-0.2, -0.15) is 0 Å². The molecule has 0 radical (unpaired) electrons. The summed E-state index contributed by atoms with van der Waals surface area (Å²) in [7, 11) is 0. The van der Waals surface area contributed by atoms with Crippen LogP contribution in [-0.4, -0.2) is 38.9 Å². The normalized spacial score (nSPS) is 17.0. The van der Waals surface area contributed by atoms with Gasteiger partial charge in [0.15, 0.2) is 0 Å². The number of amides is 1. The predicted octanol–water partition coefficient (Wildman–Crippen LogP) is 3.34. The summed E-state index contributed by atoms with van der Waals surface area (Å²) >= 11 is 0. The topological polar surface area (TPSA) is 51.0 Å². The molecular formula is C20H20N4O. The molecule has 1 fully saturated rings. The number of carbonyl (C=O) groups is 1. The van der Waals surface area contributed by atoms with E-state index in [0.717, 1.165) is 29.7 Å². The molecule has 126 valence electrons. The summed E-state index contributed by atoms with van der Waals surface area (Å²) in [4.78, 5) is 14.6. The van der Waals surface area contributed by atoms with E-state index in [4.69, 9.17) is 0 Å². The maximum atomic E-state index is 12.7. The molecule has 1 amide bonds. The molecule has 5 nitrogen and oxygen atoms in total. The Hall–Kier alpha value is -2.95. The van der Waals surface area contributed by atoms with Crippen LogP contribution in [0.15, 0.2) is 60.9 Å². The number of likely N-dealkylation sites (tertiary alicyclic amines) is 1. The minimum Gasteiger partial charge on any atom is -0.336 e. The van der Waals surface area contributed by atoms with Crippen LogP contribution in [-0.2, 0) is 0 Å². The van der Waals surface area contributed by atoms with E-state index in [-0.39, 0.29) is 11.9 Å². The standard InChI is InChI=1S/C20H20N4O/c1-15-2-4-16(5-3-15)17-6-8-18(9-7-17)20(25)23-12-10-19(14-23)24-13-11-21-22-24/h2-9,11,13,19H,10,12,14H2,1H3. The molecule has 0 saturated carbocycles. The van der Waals surface area contributed by atoms with E-state index >= 15 is 0 Å². The van der Waals surface area contributed by atoms with E-state index in [9.17, 15) is 4.79 Å². The highest BCUT2D eigenvalue weighted by atomic mass is 16.2. The van der Waals surface area contributed by atoms with Crippen molar-refractivity contribution in [2.24, 2.45) is 0 Å². The number of aryl methyl sites for hydroxylation is 1. The molecule has 0 spiro atoms. The van der Waals surface area contributed by atoms with Gasteiger partial charge in [0, 0.05) is 24.8 Å². The monoisotopic (exact) mass is 332 g/mol. The predicted molar refractivity (Wildman–Crippen MR) is 96.2 cm³/mol.